The van der Waals surface area contributed by atoms with Gasteiger partial charge in [0.2, 0.25) is 0 Å². The number of aromatic amines is 1. The maximum Gasteiger partial charge on any atom is 0.272 e. The largest absolute Gasteiger partial charge is 0.333 e. The second-order valence-electron chi connectivity index (χ2n) is 6.10. The Balaban J connectivity index is 1.95. The van der Waals surface area contributed by atoms with Crippen molar-refractivity contribution in [3.8, 4) is 0 Å². The molecule has 0 saturated heterocycles. The SMILES string of the molecule is CCCN(Cc1cc2cccc(C)c2[nH]c1=O)C(=O)c1ccccn1. The van der Waals surface area contributed by atoms with Gasteiger partial charge in [-0.25, -0.2) is 0 Å². The number of carbonyl (C=O) groups is 1. The first-order valence-corrected chi connectivity index (χ1v) is 8.42. The monoisotopic (exact) mass is 335 g/mol. The number of H-pyrrole nitrogens is 1. The number of nitrogens with one attached hydrogen (secondary N) is 1. The normalized spacial score (nSPS) is 10.8. The minimum absolute atomic E-state index is 0.156. The van der Waals surface area contributed by atoms with E-state index in [0.717, 1.165) is 22.9 Å². The van der Waals surface area contributed by atoms with Crippen molar-refractivity contribution < 1.29 is 4.79 Å². The molecule has 2 heterocycles. The molecular formula is C20H21N3O2. The van der Waals surface area contributed by atoms with Gasteiger partial charge in [0.1, 0.15) is 5.69 Å². The van der Waals surface area contributed by atoms with Gasteiger partial charge in [-0.15, -0.1) is 0 Å². The first-order valence-electron chi connectivity index (χ1n) is 8.42. The lowest BCUT2D eigenvalue weighted by atomic mass is 10.1. The number of aryl methyl sites for hydroxylation is 1. The summed E-state index contributed by atoms with van der Waals surface area (Å²) in [5.41, 5.74) is 2.68. The van der Waals surface area contributed by atoms with Crippen molar-refractivity contribution in [2.45, 2.75) is 26.8 Å². The summed E-state index contributed by atoms with van der Waals surface area (Å²) in [6.07, 6.45) is 2.41. The Bertz CT molecular complexity index is 948. The Morgan fingerprint density at radius 3 is 2.76 bits per heavy atom. The fourth-order valence-corrected chi connectivity index (χ4v) is 2.93. The molecule has 0 radical (unpaired) electrons. The molecule has 5 heteroatoms. The minimum atomic E-state index is -0.161. The first kappa shape index (κ1) is 16.9. The highest BCUT2D eigenvalue weighted by atomic mass is 16.2. The molecule has 3 aromatic rings. The van der Waals surface area contributed by atoms with Crippen LogP contribution in [-0.2, 0) is 6.54 Å². The topological polar surface area (TPSA) is 66.1 Å². The van der Waals surface area contributed by atoms with Crippen LogP contribution in [0.4, 0.5) is 0 Å². The highest BCUT2D eigenvalue weighted by Crippen LogP contribution is 2.16. The van der Waals surface area contributed by atoms with Crippen LogP contribution >= 0.6 is 0 Å². The van der Waals surface area contributed by atoms with Crippen molar-refractivity contribution >= 4 is 16.8 Å². The molecule has 25 heavy (non-hydrogen) atoms. The zero-order valence-electron chi connectivity index (χ0n) is 14.5. The van der Waals surface area contributed by atoms with Crippen LogP contribution in [0.15, 0.2) is 53.5 Å². The van der Waals surface area contributed by atoms with E-state index in [0.29, 0.717) is 17.8 Å². The third-order valence-electron chi connectivity index (χ3n) is 4.19. The summed E-state index contributed by atoms with van der Waals surface area (Å²) in [6.45, 7) is 4.81. The standard InChI is InChI=1S/C20H21N3O2/c1-3-11-23(20(25)17-9-4-5-10-21-17)13-16-12-15-8-6-7-14(2)18(15)22-19(16)24/h4-10,12H,3,11,13H2,1-2H3,(H,22,24). The van der Waals surface area contributed by atoms with Gasteiger partial charge in [0.25, 0.3) is 11.5 Å². The second-order valence-corrected chi connectivity index (χ2v) is 6.10. The van der Waals surface area contributed by atoms with E-state index in [1.807, 2.05) is 38.1 Å². The van der Waals surface area contributed by atoms with Crippen LogP contribution in [0.25, 0.3) is 10.9 Å². The van der Waals surface area contributed by atoms with Gasteiger partial charge in [-0.3, -0.25) is 14.6 Å². The van der Waals surface area contributed by atoms with E-state index in [4.69, 9.17) is 0 Å². The number of aromatic nitrogens is 2. The molecule has 0 aliphatic heterocycles. The quantitative estimate of drug-likeness (QED) is 0.778. The molecule has 1 amide bonds. The van der Waals surface area contributed by atoms with E-state index >= 15 is 0 Å². The van der Waals surface area contributed by atoms with E-state index < -0.39 is 0 Å². The Hall–Kier alpha value is -2.95. The van der Waals surface area contributed by atoms with Crippen molar-refractivity contribution in [3.63, 3.8) is 0 Å². The minimum Gasteiger partial charge on any atom is -0.333 e. The number of nitrogens with zero attached hydrogens (tertiary/aromatic N) is 2. The Kier molecular flexibility index (Phi) is 4.93. The fourth-order valence-electron chi connectivity index (χ4n) is 2.93. The highest BCUT2D eigenvalue weighted by Gasteiger charge is 2.18. The summed E-state index contributed by atoms with van der Waals surface area (Å²) < 4.78 is 0. The van der Waals surface area contributed by atoms with Gasteiger partial charge in [0.05, 0.1) is 12.1 Å². The molecule has 2 aromatic heterocycles. The van der Waals surface area contributed by atoms with E-state index in [9.17, 15) is 9.59 Å². The smallest absolute Gasteiger partial charge is 0.272 e. The van der Waals surface area contributed by atoms with Gasteiger partial charge < -0.3 is 9.88 Å². The number of fused-ring (bicyclic) bond motifs is 1. The van der Waals surface area contributed by atoms with Crippen LogP contribution in [-0.4, -0.2) is 27.3 Å². The lowest BCUT2D eigenvalue weighted by Crippen LogP contribution is -2.34. The van der Waals surface area contributed by atoms with Gasteiger partial charge >= 0.3 is 0 Å². The molecule has 0 unspecified atom stereocenters. The van der Waals surface area contributed by atoms with Crippen molar-refractivity contribution in [1.82, 2.24) is 14.9 Å². The van der Waals surface area contributed by atoms with Crippen molar-refractivity contribution in [2.75, 3.05) is 6.54 Å². The van der Waals surface area contributed by atoms with Crippen LogP contribution in [0, 0.1) is 6.92 Å². The van der Waals surface area contributed by atoms with Gasteiger partial charge in [-0.05, 0) is 42.5 Å². The number of rotatable bonds is 5. The number of para-hydroxylation sites is 1. The summed E-state index contributed by atoms with van der Waals surface area (Å²) in [7, 11) is 0. The van der Waals surface area contributed by atoms with Gasteiger partial charge in [-0.2, -0.15) is 0 Å². The number of carbonyl (C=O) groups excluding carboxylic acids is 1. The number of benzene rings is 1. The van der Waals surface area contributed by atoms with Crippen molar-refractivity contribution in [1.29, 1.82) is 0 Å². The number of amides is 1. The van der Waals surface area contributed by atoms with Crippen molar-refractivity contribution in [3.05, 3.63) is 75.8 Å². The molecule has 3 rings (SSSR count). The second kappa shape index (κ2) is 7.30. The molecule has 0 atom stereocenters. The molecule has 1 N–H and O–H groups in total. The van der Waals surface area contributed by atoms with Gasteiger partial charge in [0.15, 0.2) is 0 Å². The molecule has 0 spiro atoms. The molecular weight excluding hydrogens is 314 g/mol. The molecule has 0 bridgehead atoms. The third kappa shape index (κ3) is 3.60. The molecule has 0 fully saturated rings. The van der Waals surface area contributed by atoms with Crippen LogP contribution in [0.1, 0.15) is 35.0 Å². The lowest BCUT2D eigenvalue weighted by Gasteiger charge is -2.21. The van der Waals surface area contributed by atoms with Crippen molar-refractivity contribution in [2.24, 2.45) is 0 Å². The summed E-state index contributed by atoms with van der Waals surface area (Å²) in [6, 6.07) is 13.0. The van der Waals surface area contributed by atoms with Crippen LogP contribution in [0.3, 0.4) is 0 Å². The Labute approximate surface area is 146 Å². The zero-order valence-corrected chi connectivity index (χ0v) is 14.5. The zero-order chi connectivity index (χ0) is 17.8. The number of pyridine rings is 2. The highest BCUT2D eigenvalue weighted by molar-refractivity contribution is 5.92. The van der Waals surface area contributed by atoms with E-state index in [1.165, 1.54) is 0 Å². The predicted molar refractivity (Wildman–Crippen MR) is 98.6 cm³/mol. The first-order chi connectivity index (χ1) is 12.1. The Morgan fingerprint density at radius 2 is 2.04 bits per heavy atom. The molecule has 0 aliphatic carbocycles. The van der Waals surface area contributed by atoms with E-state index in [2.05, 4.69) is 9.97 Å². The average Bonchev–Trinajstić information content (AvgIpc) is 2.63. The maximum absolute atomic E-state index is 12.7. The summed E-state index contributed by atoms with van der Waals surface area (Å²) in [5, 5.41) is 0.969. The van der Waals surface area contributed by atoms with Gasteiger partial charge in [0, 0.05) is 18.3 Å². The third-order valence-corrected chi connectivity index (χ3v) is 4.19. The summed E-state index contributed by atoms with van der Waals surface area (Å²) in [5.74, 6) is -0.161. The van der Waals surface area contributed by atoms with E-state index in [1.54, 1.807) is 29.3 Å². The lowest BCUT2D eigenvalue weighted by molar-refractivity contribution is 0.0736. The Morgan fingerprint density at radius 1 is 1.20 bits per heavy atom. The number of hydrogen-bond donors (Lipinski definition) is 1. The molecule has 5 nitrogen and oxygen atoms in total. The molecule has 0 aliphatic rings. The molecule has 0 saturated carbocycles. The fraction of sp³-hybridized carbons (Fsp3) is 0.250. The van der Waals surface area contributed by atoms with Crippen LogP contribution < -0.4 is 5.56 Å². The van der Waals surface area contributed by atoms with E-state index in [-0.39, 0.29) is 18.0 Å². The summed E-state index contributed by atoms with van der Waals surface area (Å²) in [4.78, 5) is 33.9. The number of hydrogen-bond acceptors (Lipinski definition) is 3. The predicted octanol–water partition coefficient (Wildman–Crippen LogP) is 3.28. The average molecular weight is 335 g/mol. The molecule has 128 valence electrons. The summed E-state index contributed by atoms with van der Waals surface area (Å²) >= 11 is 0. The van der Waals surface area contributed by atoms with Crippen LogP contribution in [0.5, 0.6) is 0 Å². The van der Waals surface area contributed by atoms with Crippen LogP contribution in [0.2, 0.25) is 0 Å². The van der Waals surface area contributed by atoms with Gasteiger partial charge in [-0.1, -0.05) is 31.2 Å². The molecule has 1 aromatic carbocycles. The maximum atomic E-state index is 12.7.